The number of halogens is 4. The van der Waals surface area contributed by atoms with Gasteiger partial charge in [0.1, 0.15) is 5.82 Å². The zero-order chi connectivity index (χ0) is 13.8. The van der Waals surface area contributed by atoms with Crippen molar-refractivity contribution in [2.45, 2.75) is 26.3 Å². The molecule has 21 heavy (non-hydrogen) atoms. The van der Waals surface area contributed by atoms with Crippen molar-refractivity contribution in [1.82, 2.24) is 10.2 Å². The molecule has 2 rings (SSSR count). The lowest BCUT2D eigenvalue weighted by atomic mass is 9.90. The number of piperazine rings is 1. The van der Waals surface area contributed by atoms with Crippen LogP contribution in [-0.4, -0.2) is 31.1 Å². The molecule has 0 spiro atoms. The highest BCUT2D eigenvalue weighted by molar-refractivity contribution is 9.10. The zero-order valence-electron chi connectivity index (χ0n) is 12.4. The number of nitrogens with one attached hydrogen (secondary N) is 1. The molecular weight excluding hydrogens is 378 g/mol. The molecular formula is C15H24BrCl2FN2. The molecule has 1 unspecified atom stereocenters. The second-order valence-electron chi connectivity index (χ2n) is 5.29. The van der Waals surface area contributed by atoms with Gasteiger partial charge in [0.2, 0.25) is 0 Å². The van der Waals surface area contributed by atoms with Crippen LogP contribution in [0.4, 0.5) is 4.39 Å². The van der Waals surface area contributed by atoms with Gasteiger partial charge in [0.15, 0.2) is 0 Å². The molecule has 1 aromatic carbocycles. The van der Waals surface area contributed by atoms with Crippen molar-refractivity contribution in [2.24, 2.45) is 5.92 Å². The fraction of sp³-hybridized carbons (Fsp3) is 0.600. The Labute approximate surface area is 147 Å². The minimum atomic E-state index is -0.166. The molecule has 0 saturated carbocycles. The fourth-order valence-corrected chi connectivity index (χ4v) is 3.03. The van der Waals surface area contributed by atoms with Gasteiger partial charge in [0.25, 0.3) is 0 Å². The molecule has 1 saturated heterocycles. The maximum Gasteiger partial charge on any atom is 0.137 e. The van der Waals surface area contributed by atoms with E-state index in [0.717, 1.165) is 38.2 Å². The number of rotatable bonds is 4. The molecule has 0 amide bonds. The molecule has 0 aromatic heterocycles. The lowest BCUT2D eigenvalue weighted by molar-refractivity contribution is 0.128. The molecule has 0 radical (unpaired) electrons. The minimum Gasteiger partial charge on any atom is -0.314 e. The third-order valence-corrected chi connectivity index (χ3v) is 4.66. The summed E-state index contributed by atoms with van der Waals surface area (Å²) in [6, 6.07) is 5.87. The maximum atomic E-state index is 13.8. The Morgan fingerprint density at radius 3 is 2.43 bits per heavy atom. The summed E-state index contributed by atoms with van der Waals surface area (Å²) in [5, 5.41) is 3.38. The molecule has 0 bridgehead atoms. The SMILES string of the molecule is CCC(C)[C@H](c1ccc(Br)c(F)c1)N1CCNCC1.Cl.Cl. The van der Waals surface area contributed by atoms with Gasteiger partial charge in [-0.3, -0.25) is 4.90 Å². The highest BCUT2D eigenvalue weighted by atomic mass is 79.9. The van der Waals surface area contributed by atoms with Crippen LogP contribution in [0.2, 0.25) is 0 Å². The largest absolute Gasteiger partial charge is 0.314 e. The topological polar surface area (TPSA) is 15.3 Å². The Morgan fingerprint density at radius 1 is 1.29 bits per heavy atom. The van der Waals surface area contributed by atoms with Gasteiger partial charge < -0.3 is 5.32 Å². The number of hydrogen-bond donors (Lipinski definition) is 1. The van der Waals surface area contributed by atoms with Gasteiger partial charge in [-0.15, -0.1) is 24.8 Å². The van der Waals surface area contributed by atoms with E-state index in [9.17, 15) is 4.39 Å². The molecule has 6 heteroatoms. The van der Waals surface area contributed by atoms with Crippen molar-refractivity contribution in [3.05, 3.63) is 34.1 Å². The number of nitrogens with zero attached hydrogens (tertiary/aromatic N) is 1. The van der Waals surface area contributed by atoms with E-state index < -0.39 is 0 Å². The first kappa shape index (κ1) is 21.1. The van der Waals surface area contributed by atoms with E-state index in [1.165, 1.54) is 0 Å². The van der Waals surface area contributed by atoms with Crippen LogP contribution in [0.15, 0.2) is 22.7 Å². The average Bonchev–Trinajstić information content (AvgIpc) is 2.44. The zero-order valence-corrected chi connectivity index (χ0v) is 15.7. The highest BCUT2D eigenvalue weighted by Gasteiger charge is 2.26. The van der Waals surface area contributed by atoms with Gasteiger partial charge in [0, 0.05) is 32.2 Å². The van der Waals surface area contributed by atoms with Crippen LogP contribution in [0.25, 0.3) is 0 Å². The van der Waals surface area contributed by atoms with E-state index in [-0.39, 0.29) is 30.6 Å². The molecule has 0 aliphatic carbocycles. The number of benzene rings is 1. The molecule has 1 heterocycles. The van der Waals surface area contributed by atoms with Crippen molar-refractivity contribution in [1.29, 1.82) is 0 Å². The molecule has 1 fully saturated rings. The Balaban J connectivity index is 0.00000200. The van der Waals surface area contributed by atoms with Crippen LogP contribution in [0, 0.1) is 11.7 Å². The third-order valence-electron chi connectivity index (χ3n) is 4.01. The van der Waals surface area contributed by atoms with Crippen LogP contribution in [0.5, 0.6) is 0 Å². The lowest BCUT2D eigenvalue weighted by Crippen LogP contribution is -2.46. The Bertz CT molecular complexity index is 428. The fourth-order valence-electron chi connectivity index (χ4n) is 2.78. The van der Waals surface area contributed by atoms with E-state index in [1.807, 2.05) is 12.1 Å². The highest BCUT2D eigenvalue weighted by Crippen LogP contribution is 2.32. The minimum absolute atomic E-state index is 0. The van der Waals surface area contributed by atoms with Crippen molar-refractivity contribution >= 4 is 40.7 Å². The summed E-state index contributed by atoms with van der Waals surface area (Å²) in [7, 11) is 0. The van der Waals surface area contributed by atoms with E-state index in [2.05, 4.69) is 40.0 Å². The first-order valence-electron chi connectivity index (χ1n) is 7.03. The summed E-state index contributed by atoms with van der Waals surface area (Å²) >= 11 is 3.23. The van der Waals surface area contributed by atoms with Crippen LogP contribution in [0.1, 0.15) is 31.9 Å². The molecule has 1 aliphatic heterocycles. The molecule has 1 N–H and O–H groups in total. The van der Waals surface area contributed by atoms with Gasteiger partial charge in [-0.25, -0.2) is 4.39 Å². The van der Waals surface area contributed by atoms with Gasteiger partial charge in [-0.2, -0.15) is 0 Å². The normalized spacial score (nSPS) is 18.3. The Hall–Kier alpha value is 0.130. The summed E-state index contributed by atoms with van der Waals surface area (Å²) in [6.07, 6.45) is 1.10. The van der Waals surface area contributed by atoms with Gasteiger partial charge in [-0.1, -0.05) is 26.3 Å². The Morgan fingerprint density at radius 2 is 1.90 bits per heavy atom. The van der Waals surface area contributed by atoms with Crippen molar-refractivity contribution in [3.63, 3.8) is 0 Å². The summed E-state index contributed by atoms with van der Waals surface area (Å²) < 4.78 is 14.3. The molecule has 2 nitrogen and oxygen atoms in total. The summed E-state index contributed by atoms with van der Waals surface area (Å²) in [5.41, 5.74) is 1.09. The second-order valence-corrected chi connectivity index (χ2v) is 6.14. The standard InChI is InChI=1S/C15H22BrFN2.2ClH/c1-3-11(2)15(19-8-6-18-7-9-19)12-4-5-13(16)14(17)10-12;;/h4-5,10-11,15,18H,3,6-9H2,1-2H3;2*1H/t11?,15-;;/m1../s1. The first-order chi connectivity index (χ1) is 9.13. The average molecular weight is 402 g/mol. The second kappa shape index (κ2) is 10.0. The Kier molecular flexibility index (Phi) is 10.1. The molecule has 1 aliphatic rings. The maximum absolute atomic E-state index is 13.8. The van der Waals surface area contributed by atoms with E-state index in [4.69, 9.17) is 0 Å². The van der Waals surface area contributed by atoms with Crippen molar-refractivity contribution < 1.29 is 4.39 Å². The predicted molar refractivity (Wildman–Crippen MR) is 95.2 cm³/mol. The van der Waals surface area contributed by atoms with Crippen LogP contribution in [0.3, 0.4) is 0 Å². The monoisotopic (exact) mass is 400 g/mol. The molecule has 122 valence electrons. The van der Waals surface area contributed by atoms with E-state index in [1.54, 1.807) is 6.07 Å². The summed E-state index contributed by atoms with van der Waals surface area (Å²) in [5.74, 6) is 0.361. The van der Waals surface area contributed by atoms with Crippen LogP contribution >= 0.6 is 40.7 Å². The van der Waals surface area contributed by atoms with Crippen molar-refractivity contribution in [2.75, 3.05) is 26.2 Å². The van der Waals surface area contributed by atoms with Crippen LogP contribution < -0.4 is 5.32 Å². The smallest absolute Gasteiger partial charge is 0.137 e. The quantitative estimate of drug-likeness (QED) is 0.802. The van der Waals surface area contributed by atoms with E-state index >= 15 is 0 Å². The third kappa shape index (κ3) is 5.36. The molecule has 1 aromatic rings. The summed E-state index contributed by atoms with van der Waals surface area (Å²) in [4.78, 5) is 2.48. The van der Waals surface area contributed by atoms with E-state index in [0.29, 0.717) is 16.4 Å². The van der Waals surface area contributed by atoms with Gasteiger partial charge in [0.05, 0.1) is 4.47 Å². The van der Waals surface area contributed by atoms with Crippen LogP contribution in [-0.2, 0) is 0 Å². The number of hydrogen-bond acceptors (Lipinski definition) is 2. The predicted octanol–water partition coefficient (Wildman–Crippen LogP) is 4.42. The molecule has 2 atom stereocenters. The van der Waals surface area contributed by atoms with Gasteiger partial charge in [-0.05, 0) is 39.5 Å². The van der Waals surface area contributed by atoms with Crippen molar-refractivity contribution in [3.8, 4) is 0 Å². The lowest BCUT2D eigenvalue weighted by Gasteiger charge is -2.38. The first-order valence-corrected chi connectivity index (χ1v) is 7.82. The van der Waals surface area contributed by atoms with Gasteiger partial charge >= 0.3 is 0 Å². The summed E-state index contributed by atoms with van der Waals surface area (Å²) in [6.45, 7) is 8.57.